The Morgan fingerprint density at radius 2 is 1.73 bits per heavy atom. The van der Waals surface area contributed by atoms with Gasteiger partial charge in [-0.25, -0.2) is 9.97 Å². The van der Waals surface area contributed by atoms with E-state index in [0.29, 0.717) is 23.7 Å². The van der Waals surface area contributed by atoms with Crippen molar-refractivity contribution >= 4 is 11.9 Å². The van der Waals surface area contributed by atoms with Crippen molar-refractivity contribution in [3.8, 4) is 16.9 Å². The number of hydrogen-bond donors (Lipinski definition) is 1. The highest BCUT2D eigenvalue weighted by Gasteiger charge is 2.33. The molecular formula is C25H25N7O. The minimum Gasteiger partial charge on any atom is -0.349 e. The Morgan fingerprint density at radius 3 is 2.55 bits per heavy atom. The molecule has 33 heavy (non-hydrogen) atoms. The Balaban J connectivity index is 1.36. The van der Waals surface area contributed by atoms with Crippen LogP contribution in [-0.4, -0.2) is 54.4 Å². The molecule has 1 saturated heterocycles. The van der Waals surface area contributed by atoms with Crippen molar-refractivity contribution in [3.05, 3.63) is 84.8 Å². The molecular weight excluding hydrogens is 414 g/mol. The lowest BCUT2D eigenvalue weighted by molar-refractivity contribution is 0.0616. The Hall–Kier alpha value is -4.07. The highest BCUT2D eigenvalue weighted by atomic mass is 16.2. The molecule has 2 aromatic carbocycles. The number of nitrogens with zero attached hydrogens (tertiary/aromatic N) is 6. The summed E-state index contributed by atoms with van der Waals surface area (Å²) >= 11 is 0. The molecule has 2 atom stereocenters. The molecule has 8 heteroatoms. The summed E-state index contributed by atoms with van der Waals surface area (Å²) in [6, 6.07) is 19.4. The predicted molar refractivity (Wildman–Crippen MR) is 126 cm³/mol. The maximum absolute atomic E-state index is 13.6. The number of nitrogens with one attached hydrogen (secondary N) is 1. The predicted octanol–water partition coefficient (Wildman–Crippen LogP) is 3.83. The molecule has 0 bridgehead atoms. The van der Waals surface area contributed by atoms with Crippen molar-refractivity contribution in [2.45, 2.75) is 31.8 Å². The summed E-state index contributed by atoms with van der Waals surface area (Å²) in [4.78, 5) is 26.1. The molecule has 8 nitrogen and oxygen atoms in total. The normalized spacial score (nSPS) is 18.2. The van der Waals surface area contributed by atoms with Crippen LogP contribution in [0.15, 0.2) is 79.3 Å². The lowest BCUT2D eigenvalue weighted by atomic mass is 9.96. The van der Waals surface area contributed by atoms with Crippen molar-refractivity contribution in [2.75, 3.05) is 11.9 Å². The summed E-state index contributed by atoms with van der Waals surface area (Å²) in [6.07, 6.45) is 6.81. The molecule has 166 valence electrons. The van der Waals surface area contributed by atoms with Crippen molar-refractivity contribution in [1.29, 1.82) is 0 Å². The molecule has 1 N–H and O–H groups in total. The van der Waals surface area contributed by atoms with E-state index in [-0.39, 0.29) is 18.0 Å². The largest absolute Gasteiger partial charge is 0.349 e. The maximum Gasteiger partial charge on any atom is 0.256 e. The number of carbonyl (C=O) groups excluding carboxylic acids is 1. The van der Waals surface area contributed by atoms with Crippen LogP contribution in [0.5, 0.6) is 0 Å². The average Bonchev–Trinajstić information content (AvgIpc) is 3.41. The molecule has 3 heterocycles. The molecule has 1 aliphatic heterocycles. The third-order valence-electron chi connectivity index (χ3n) is 6.06. The van der Waals surface area contributed by atoms with Crippen LogP contribution in [0.1, 0.15) is 30.1 Å². The topological polar surface area (TPSA) is 88.8 Å². The van der Waals surface area contributed by atoms with Crippen LogP contribution < -0.4 is 5.32 Å². The average molecular weight is 440 g/mol. The third-order valence-corrected chi connectivity index (χ3v) is 6.06. The monoisotopic (exact) mass is 439 g/mol. The fourth-order valence-electron chi connectivity index (χ4n) is 4.31. The first-order valence-corrected chi connectivity index (χ1v) is 11.1. The SMILES string of the molecule is C[C@H]1[C@@H](Nc2nccc(-c3ccccc3)n2)CCCN1C(=O)c1ccccc1-n1nccn1. The molecule has 0 saturated carbocycles. The zero-order valence-corrected chi connectivity index (χ0v) is 18.4. The van der Waals surface area contributed by atoms with Gasteiger partial charge >= 0.3 is 0 Å². The van der Waals surface area contributed by atoms with E-state index in [1.54, 1.807) is 18.6 Å². The van der Waals surface area contributed by atoms with E-state index >= 15 is 0 Å². The summed E-state index contributed by atoms with van der Waals surface area (Å²) in [6.45, 7) is 2.77. The first-order chi connectivity index (χ1) is 16.2. The molecule has 0 radical (unpaired) electrons. The Kier molecular flexibility index (Phi) is 5.80. The summed E-state index contributed by atoms with van der Waals surface area (Å²) in [5.41, 5.74) is 3.17. The molecule has 2 aromatic heterocycles. The number of benzene rings is 2. The van der Waals surface area contributed by atoms with Crippen LogP contribution in [0.2, 0.25) is 0 Å². The van der Waals surface area contributed by atoms with E-state index in [2.05, 4.69) is 27.4 Å². The lowest BCUT2D eigenvalue weighted by Crippen LogP contribution is -2.52. The number of amides is 1. The van der Waals surface area contributed by atoms with Gasteiger partial charge in [-0.2, -0.15) is 15.0 Å². The Morgan fingerprint density at radius 1 is 0.970 bits per heavy atom. The van der Waals surface area contributed by atoms with Crippen molar-refractivity contribution < 1.29 is 4.79 Å². The van der Waals surface area contributed by atoms with Gasteiger partial charge in [-0.05, 0) is 38.0 Å². The van der Waals surface area contributed by atoms with Crippen molar-refractivity contribution in [3.63, 3.8) is 0 Å². The number of anilines is 1. The van der Waals surface area contributed by atoms with Gasteiger partial charge in [0.2, 0.25) is 5.95 Å². The van der Waals surface area contributed by atoms with E-state index < -0.39 is 0 Å². The number of likely N-dealkylation sites (tertiary alicyclic amines) is 1. The van der Waals surface area contributed by atoms with Gasteiger partial charge < -0.3 is 10.2 Å². The van der Waals surface area contributed by atoms with Gasteiger partial charge in [0.05, 0.1) is 29.3 Å². The minimum atomic E-state index is -0.0335. The quantitative estimate of drug-likeness (QED) is 0.508. The van der Waals surface area contributed by atoms with Gasteiger partial charge in [0, 0.05) is 30.4 Å². The van der Waals surface area contributed by atoms with Gasteiger partial charge in [0.1, 0.15) is 0 Å². The lowest BCUT2D eigenvalue weighted by Gasteiger charge is -2.40. The molecule has 5 rings (SSSR count). The van der Waals surface area contributed by atoms with Crippen molar-refractivity contribution in [1.82, 2.24) is 29.9 Å². The van der Waals surface area contributed by atoms with E-state index in [1.807, 2.05) is 65.6 Å². The van der Waals surface area contributed by atoms with E-state index in [0.717, 1.165) is 24.1 Å². The summed E-state index contributed by atoms with van der Waals surface area (Å²) in [5, 5.41) is 11.9. The molecule has 1 fully saturated rings. The van der Waals surface area contributed by atoms with Gasteiger partial charge in [-0.15, -0.1) is 0 Å². The molecule has 1 aliphatic rings. The molecule has 0 spiro atoms. The van der Waals surface area contributed by atoms with Crippen LogP contribution in [0.3, 0.4) is 0 Å². The highest BCUT2D eigenvalue weighted by Crippen LogP contribution is 2.25. The highest BCUT2D eigenvalue weighted by molar-refractivity contribution is 5.98. The number of rotatable bonds is 5. The fraction of sp³-hybridized carbons (Fsp3) is 0.240. The summed E-state index contributed by atoms with van der Waals surface area (Å²) < 4.78 is 0. The van der Waals surface area contributed by atoms with Gasteiger partial charge in [-0.1, -0.05) is 42.5 Å². The van der Waals surface area contributed by atoms with Gasteiger partial charge in [0.15, 0.2) is 0 Å². The Bertz CT molecular complexity index is 1230. The van der Waals surface area contributed by atoms with Crippen LogP contribution in [-0.2, 0) is 0 Å². The second-order valence-corrected chi connectivity index (χ2v) is 8.10. The third kappa shape index (κ3) is 4.32. The zero-order chi connectivity index (χ0) is 22.6. The number of aromatic nitrogens is 5. The van der Waals surface area contributed by atoms with Crippen LogP contribution in [0.25, 0.3) is 16.9 Å². The number of para-hydroxylation sites is 1. The van der Waals surface area contributed by atoms with Crippen molar-refractivity contribution in [2.24, 2.45) is 0 Å². The Labute approximate surface area is 192 Å². The van der Waals surface area contributed by atoms with Gasteiger partial charge in [0.25, 0.3) is 5.91 Å². The molecule has 0 aliphatic carbocycles. The smallest absolute Gasteiger partial charge is 0.256 e. The van der Waals surface area contributed by atoms with Crippen LogP contribution >= 0.6 is 0 Å². The van der Waals surface area contributed by atoms with E-state index in [1.165, 1.54) is 4.80 Å². The molecule has 4 aromatic rings. The first kappa shape index (κ1) is 20.8. The molecule has 0 unspecified atom stereocenters. The first-order valence-electron chi connectivity index (χ1n) is 11.1. The maximum atomic E-state index is 13.6. The fourth-order valence-corrected chi connectivity index (χ4v) is 4.31. The van der Waals surface area contributed by atoms with E-state index in [4.69, 9.17) is 4.98 Å². The van der Waals surface area contributed by atoms with Crippen LogP contribution in [0, 0.1) is 0 Å². The van der Waals surface area contributed by atoms with Crippen LogP contribution in [0.4, 0.5) is 5.95 Å². The summed E-state index contributed by atoms with van der Waals surface area (Å²) in [5.74, 6) is 0.546. The number of hydrogen-bond acceptors (Lipinski definition) is 6. The minimum absolute atomic E-state index is 0.0270. The number of piperidine rings is 1. The van der Waals surface area contributed by atoms with Gasteiger partial charge in [-0.3, -0.25) is 4.79 Å². The second kappa shape index (κ2) is 9.20. The second-order valence-electron chi connectivity index (χ2n) is 8.10. The summed E-state index contributed by atoms with van der Waals surface area (Å²) in [7, 11) is 0. The van der Waals surface area contributed by atoms with E-state index in [9.17, 15) is 4.79 Å². The standard InChI is InChI=1S/C25H25N7O/c1-18-21(29-25-26-14-13-22(30-25)19-8-3-2-4-9-19)11-7-17-31(18)24(33)20-10-5-6-12-23(20)32-27-15-16-28-32/h2-6,8-10,12-16,18,21H,7,11,17H2,1H3,(H,26,29,30)/t18-,21-/m0/s1. The number of carbonyl (C=O) groups is 1. The molecule has 1 amide bonds. The zero-order valence-electron chi connectivity index (χ0n) is 18.4.